The number of benzene rings is 2. The molecule has 0 fully saturated rings. The molecule has 0 saturated heterocycles. The summed E-state index contributed by atoms with van der Waals surface area (Å²) in [6, 6.07) is 15.7. The number of carbonyl (C=O) groups is 1. The second-order valence-corrected chi connectivity index (χ2v) is 5.68. The molecule has 0 unspecified atom stereocenters. The number of nitrogens with one attached hydrogen (secondary N) is 1. The third-order valence-corrected chi connectivity index (χ3v) is 4.12. The van der Waals surface area contributed by atoms with Crippen molar-refractivity contribution in [1.82, 2.24) is 5.32 Å². The fourth-order valence-electron chi connectivity index (χ4n) is 2.98. The van der Waals surface area contributed by atoms with Crippen molar-refractivity contribution < 1.29 is 14.3 Å². The van der Waals surface area contributed by atoms with Crippen LogP contribution < -0.4 is 14.8 Å². The molecule has 0 saturated carbocycles. The van der Waals surface area contributed by atoms with Crippen molar-refractivity contribution >= 4 is 5.91 Å². The molecule has 0 bridgehead atoms. The highest BCUT2D eigenvalue weighted by Crippen LogP contribution is 2.29. The molecule has 1 aliphatic rings. The Morgan fingerprint density at radius 3 is 2.87 bits per heavy atom. The lowest BCUT2D eigenvalue weighted by atomic mass is 9.88. The molecule has 2 aromatic carbocycles. The van der Waals surface area contributed by atoms with E-state index < -0.39 is 0 Å². The lowest BCUT2D eigenvalue weighted by molar-refractivity contribution is -0.123. The lowest BCUT2D eigenvalue weighted by Crippen LogP contribution is -2.34. The molecule has 1 N–H and O–H groups in total. The SMILES string of the molecule is COc1cccc(OCC(=O)N[C@@H]2CCCc3ccccc32)c1. The Labute approximate surface area is 136 Å². The second kappa shape index (κ2) is 7.18. The van der Waals surface area contributed by atoms with Gasteiger partial charge in [-0.05, 0) is 42.5 Å². The molecule has 4 nitrogen and oxygen atoms in total. The van der Waals surface area contributed by atoms with Gasteiger partial charge in [0.2, 0.25) is 0 Å². The Morgan fingerprint density at radius 2 is 2.00 bits per heavy atom. The number of carbonyl (C=O) groups excluding carboxylic acids is 1. The highest BCUT2D eigenvalue weighted by Gasteiger charge is 2.21. The van der Waals surface area contributed by atoms with Gasteiger partial charge in [-0.2, -0.15) is 0 Å². The Bertz CT molecular complexity index is 684. The largest absolute Gasteiger partial charge is 0.497 e. The van der Waals surface area contributed by atoms with Gasteiger partial charge in [-0.1, -0.05) is 30.3 Å². The Balaban J connectivity index is 1.58. The zero-order valence-electron chi connectivity index (χ0n) is 13.2. The van der Waals surface area contributed by atoms with Crippen molar-refractivity contribution in [2.75, 3.05) is 13.7 Å². The number of methoxy groups -OCH3 is 1. The van der Waals surface area contributed by atoms with E-state index in [-0.39, 0.29) is 18.6 Å². The van der Waals surface area contributed by atoms with Gasteiger partial charge in [0.15, 0.2) is 6.61 Å². The molecule has 0 heterocycles. The van der Waals surface area contributed by atoms with E-state index in [1.165, 1.54) is 11.1 Å². The maximum atomic E-state index is 12.2. The first-order valence-electron chi connectivity index (χ1n) is 7.90. The summed E-state index contributed by atoms with van der Waals surface area (Å²) in [6.07, 6.45) is 3.16. The van der Waals surface area contributed by atoms with Crippen LogP contribution in [0.25, 0.3) is 0 Å². The Morgan fingerprint density at radius 1 is 1.17 bits per heavy atom. The molecule has 1 atom stereocenters. The van der Waals surface area contributed by atoms with E-state index in [9.17, 15) is 4.79 Å². The smallest absolute Gasteiger partial charge is 0.258 e. The molecule has 4 heteroatoms. The summed E-state index contributed by atoms with van der Waals surface area (Å²) in [7, 11) is 1.60. The van der Waals surface area contributed by atoms with E-state index in [2.05, 4.69) is 23.5 Å². The summed E-state index contributed by atoms with van der Waals surface area (Å²) in [5.41, 5.74) is 2.56. The molecule has 0 spiro atoms. The fraction of sp³-hybridized carbons (Fsp3) is 0.316. The van der Waals surface area contributed by atoms with Gasteiger partial charge in [-0.3, -0.25) is 4.79 Å². The summed E-state index contributed by atoms with van der Waals surface area (Å²) < 4.78 is 10.7. The van der Waals surface area contributed by atoms with Crippen molar-refractivity contribution in [3.05, 3.63) is 59.7 Å². The highest BCUT2D eigenvalue weighted by atomic mass is 16.5. The van der Waals surface area contributed by atoms with Gasteiger partial charge in [-0.15, -0.1) is 0 Å². The minimum absolute atomic E-state index is 0.00579. The Kier molecular flexibility index (Phi) is 4.81. The molecule has 0 radical (unpaired) electrons. The highest BCUT2D eigenvalue weighted by molar-refractivity contribution is 5.78. The van der Waals surface area contributed by atoms with Crippen molar-refractivity contribution in [1.29, 1.82) is 0 Å². The van der Waals surface area contributed by atoms with Gasteiger partial charge in [0, 0.05) is 6.07 Å². The van der Waals surface area contributed by atoms with Gasteiger partial charge in [0.25, 0.3) is 5.91 Å². The number of ether oxygens (including phenoxy) is 2. The van der Waals surface area contributed by atoms with Crippen molar-refractivity contribution in [2.45, 2.75) is 25.3 Å². The van der Waals surface area contributed by atoms with Gasteiger partial charge in [0.1, 0.15) is 11.5 Å². The quantitative estimate of drug-likeness (QED) is 0.922. The molecule has 120 valence electrons. The summed E-state index contributed by atoms with van der Waals surface area (Å²) in [5.74, 6) is 1.24. The van der Waals surface area contributed by atoms with Crippen LogP contribution in [0.4, 0.5) is 0 Å². The van der Waals surface area contributed by atoms with Crippen molar-refractivity contribution in [3.63, 3.8) is 0 Å². The molecule has 1 amide bonds. The molecule has 1 aliphatic carbocycles. The number of amides is 1. The normalized spacial score (nSPS) is 16.3. The van der Waals surface area contributed by atoms with E-state index in [0.717, 1.165) is 19.3 Å². The zero-order valence-corrected chi connectivity index (χ0v) is 13.2. The molecular formula is C19H21NO3. The topological polar surface area (TPSA) is 47.6 Å². The predicted molar refractivity (Wildman–Crippen MR) is 88.8 cm³/mol. The van der Waals surface area contributed by atoms with Crippen LogP contribution in [0.1, 0.15) is 30.0 Å². The van der Waals surface area contributed by atoms with Crippen LogP contribution in [0.5, 0.6) is 11.5 Å². The van der Waals surface area contributed by atoms with E-state index >= 15 is 0 Å². The first-order chi connectivity index (χ1) is 11.3. The number of fused-ring (bicyclic) bond motifs is 1. The van der Waals surface area contributed by atoms with Gasteiger partial charge in [0.05, 0.1) is 13.2 Å². The maximum Gasteiger partial charge on any atom is 0.258 e. The first-order valence-corrected chi connectivity index (χ1v) is 7.90. The van der Waals surface area contributed by atoms with E-state index in [0.29, 0.717) is 11.5 Å². The summed E-state index contributed by atoms with van der Waals surface area (Å²) in [4.78, 5) is 12.2. The molecule has 23 heavy (non-hydrogen) atoms. The monoisotopic (exact) mass is 311 g/mol. The van der Waals surface area contributed by atoms with Crippen LogP contribution in [-0.4, -0.2) is 19.6 Å². The predicted octanol–water partition coefficient (Wildman–Crippen LogP) is 3.27. The second-order valence-electron chi connectivity index (χ2n) is 5.68. The van der Waals surface area contributed by atoms with E-state index in [1.807, 2.05) is 24.3 Å². The standard InChI is InChI=1S/C19H21NO3/c1-22-15-8-5-9-16(12-15)23-13-19(21)20-18-11-4-7-14-6-2-3-10-17(14)18/h2-3,5-6,8-10,12,18H,4,7,11,13H2,1H3,(H,20,21)/t18-/m1/s1. The Hall–Kier alpha value is -2.49. The van der Waals surface area contributed by atoms with Gasteiger partial charge >= 0.3 is 0 Å². The van der Waals surface area contributed by atoms with Crippen LogP contribution in [0.2, 0.25) is 0 Å². The average Bonchev–Trinajstić information content (AvgIpc) is 2.60. The lowest BCUT2D eigenvalue weighted by Gasteiger charge is -2.26. The third kappa shape index (κ3) is 3.83. The van der Waals surface area contributed by atoms with Crippen LogP contribution >= 0.6 is 0 Å². The number of rotatable bonds is 5. The van der Waals surface area contributed by atoms with E-state index in [4.69, 9.17) is 9.47 Å². The number of aryl methyl sites for hydroxylation is 1. The van der Waals surface area contributed by atoms with Crippen LogP contribution in [0.15, 0.2) is 48.5 Å². The van der Waals surface area contributed by atoms with Crippen molar-refractivity contribution in [3.8, 4) is 11.5 Å². The molecule has 3 rings (SSSR count). The number of hydrogen-bond donors (Lipinski definition) is 1. The molecule has 0 aromatic heterocycles. The fourth-order valence-corrected chi connectivity index (χ4v) is 2.98. The summed E-state index contributed by atoms with van der Waals surface area (Å²) in [5, 5.41) is 3.08. The van der Waals surface area contributed by atoms with Crippen LogP contribution in [0.3, 0.4) is 0 Å². The van der Waals surface area contributed by atoms with Gasteiger partial charge in [-0.25, -0.2) is 0 Å². The maximum absolute atomic E-state index is 12.2. The van der Waals surface area contributed by atoms with Crippen LogP contribution in [-0.2, 0) is 11.2 Å². The first kappa shape index (κ1) is 15.4. The molecule has 0 aliphatic heterocycles. The van der Waals surface area contributed by atoms with Crippen LogP contribution in [0, 0.1) is 0 Å². The van der Waals surface area contributed by atoms with E-state index in [1.54, 1.807) is 13.2 Å². The number of hydrogen-bond acceptors (Lipinski definition) is 3. The summed E-state index contributed by atoms with van der Waals surface area (Å²) in [6.45, 7) is 0.00579. The minimum Gasteiger partial charge on any atom is -0.497 e. The molecular weight excluding hydrogens is 290 g/mol. The minimum atomic E-state index is -0.102. The van der Waals surface area contributed by atoms with Crippen molar-refractivity contribution in [2.24, 2.45) is 0 Å². The average molecular weight is 311 g/mol. The zero-order chi connectivity index (χ0) is 16.1. The molecule has 2 aromatic rings. The third-order valence-electron chi connectivity index (χ3n) is 4.12. The van der Waals surface area contributed by atoms with Gasteiger partial charge < -0.3 is 14.8 Å². The summed E-state index contributed by atoms with van der Waals surface area (Å²) >= 11 is 0.